The Hall–Kier alpha value is -4.19. The Bertz CT molecular complexity index is 1470. The molecule has 1 aromatic carbocycles. The number of fused-ring (bicyclic) bond motifs is 1. The van der Waals surface area contributed by atoms with E-state index in [1.165, 1.54) is 29.6 Å². The van der Waals surface area contributed by atoms with E-state index < -0.39 is 23.8 Å². The molecule has 10 nitrogen and oxygen atoms in total. The molecule has 1 fully saturated rings. The van der Waals surface area contributed by atoms with E-state index in [2.05, 4.69) is 25.3 Å². The number of carbonyl (C=O) groups excluding carboxylic acids is 1. The number of aliphatic hydroxyl groups excluding tert-OH is 1. The molecule has 0 bridgehead atoms. The quantitative estimate of drug-likeness (QED) is 0.397. The van der Waals surface area contributed by atoms with Crippen LogP contribution in [0, 0.1) is 11.6 Å². The van der Waals surface area contributed by atoms with Gasteiger partial charge in [0.15, 0.2) is 5.82 Å². The fourth-order valence-electron chi connectivity index (χ4n) is 4.64. The molecule has 0 radical (unpaired) electrons. The first-order chi connectivity index (χ1) is 18.3. The second-order valence-corrected chi connectivity index (χ2v) is 9.44. The smallest absolute Gasteiger partial charge is 0.253 e. The summed E-state index contributed by atoms with van der Waals surface area (Å²) in [5.41, 5.74) is 1.53. The summed E-state index contributed by atoms with van der Waals surface area (Å²) >= 11 is 0. The van der Waals surface area contributed by atoms with Crippen molar-refractivity contribution in [2.24, 2.45) is 0 Å². The molecule has 1 aliphatic rings. The molecule has 0 saturated carbocycles. The largest absolute Gasteiger partial charge is 0.389 e. The van der Waals surface area contributed by atoms with Crippen LogP contribution in [0.5, 0.6) is 0 Å². The number of carbonyl (C=O) groups is 1. The van der Waals surface area contributed by atoms with Gasteiger partial charge in [0.2, 0.25) is 5.95 Å². The predicted octanol–water partition coefficient (Wildman–Crippen LogP) is 3.32. The summed E-state index contributed by atoms with van der Waals surface area (Å²) in [6.45, 7) is 2.87. The zero-order chi connectivity index (χ0) is 27.0. The molecule has 4 aromatic rings. The zero-order valence-corrected chi connectivity index (χ0v) is 21.3. The van der Waals surface area contributed by atoms with Gasteiger partial charge in [-0.2, -0.15) is 0 Å². The maximum Gasteiger partial charge on any atom is 0.253 e. The third-order valence-electron chi connectivity index (χ3n) is 6.72. The number of benzene rings is 1. The van der Waals surface area contributed by atoms with E-state index in [9.17, 15) is 14.3 Å². The molecule has 0 aliphatic carbocycles. The number of hydrogen-bond acceptors (Lipinski definition) is 8. The number of nitrogens with zero attached hydrogens (tertiary/aromatic N) is 7. The molecule has 5 rings (SSSR count). The fourth-order valence-corrected chi connectivity index (χ4v) is 4.64. The Kier molecular flexibility index (Phi) is 6.89. The number of amides is 1. The van der Waals surface area contributed by atoms with Gasteiger partial charge < -0.3 is 24.8 Å². The van der Waals surface area contributed by atoms with Crippen molar-refractivity contribution in [1.29, 1.82) is 0 Å². The topological polar surface area (TPSA) is 112 Å². The molecule has 198 valence electrons. The summed E-state index contributed by atoms with van der Waals surface area (Å²) in [4.78, 5) is 32.6. The second kappa shape index (κ2) is 10.3. The molecule has 38 heavy (non-hydrogen) atoms. The molecule has 1 amide bonds. The monoisotopic (exact) mass is 522 g/mol. The maximum absolute atomic E-state index is 15.2. The lowest BCUT2D eigenvalue weighted by Crippen LogP contribution is -2.45. The Balaban J connectivity index is 1.39. The van der Waals surface area contributed by atoms with E-state index in [4.69, 9.17) is 0 Å². The van der Waals surface area contributed by atoms with Crippen molar-refractivity contribution in [3.63, 3.8) is 0 Å². The highest BCUT2D eigenvalue weighted by Crippen LogP contribution is 2.33. The van der Waals surface area contributed by atoms with Gasteiger partial charge in [-0.25, -0.2) is 28.7 Å². The normalized spacial score (nSPS) is 17.6. The van der Waals surface area contributed by atoms with Crippen molar-refractivity contribution in [3.05, 3.63) is 65.9 Å². The number of anilines is 3. The van der Waals surface area contributed by atoms with Gasteiger partial charge in [-0.15, -0.1) is 0 Å². The van der Waals surface area contributed by atoms with E-state index in [1.807, 2.05) is 11.8 Å². The number of piperidine rings is 1. The number of halogens is 2. The Morgan fingerprint density at radius 1 is 1.16 bits per heavy atom. The lowest BCUT2D eigenvalue weighted by atomic mass is 10.0. The summed E-state index contributed by atoms with van der Waals surface area (Å²) in [6.07, 6.45) is 6.60. The molecular formula is C26H28F2N8O2. The number of aromatic nitrogens is 5. The summed E-state index contributed by atoms with van der Waals surface area (Å²) in [5, 5.41) is 13.9. The molecule has 0 spiro atoms. The zero-order valence-electron chi connectivity index (χ0n) is 21.3. The third kappa shape index (κ3) is 4.74. The van der Waals surface area contributed by atoms with Crippen molar-refractivity contribution in [2.75, 3.05) is 37.4 Å². The summed E-state index contributed by atoms with van der Waals surface area (Å²) in [7, 11) is 3.16. The van der Waals surface area contributed by atoms with Crippen molar-refractivity contribution in [3.8, 4) is 0 Å². The van der Waals surface area contributed by atoms with E-state index in [-0.39, 0.29) is 40.6 Å². The molecule has 12 heteroatoms. The number of aliphatic hydroxyl groups is 1. The average Bonchev–Trinajstić information content (AvgIpc) is 3.26. The molecular weight excluding hydrogens is 494 g/mol. The number of rotatable bonds is 6. The van der Waals surface area contributed by atoms with Crippen LogP contribution in [0.2, 0.25) is 0 Å². The standard InChI is InChI=1S/C26H28F2N8O2/c1-4-15-10-29-26(30-11-15)35-8-7-20(21(37)13-35)36-12-18(28)22-23(31-14-32-24(22)36)33-19-6-5-16(9-17(19)27)25(38)34(2)3/h5-6,9-12,14,20-21,37H,4,7-8,13H2,1-3H3,(H,31,32,33)/t20-,21-/m1/s1. The highest BCUT2D eigenvalue weighted by molar-refractivity contribution is 5.95. The van der Waals surface area contributed by atoms with Crippen LogP contribution in [0.25, 0.3) is 11.0 Å². The van der Waals surface area contributed by atoms with Crippen LogP contribution in [0.4, 0.5) is 26.2 Å². The van der Waals surface area contributed by atoms with Crippen LogP contribution < -0.4 is 10.2 Å². The summed E-state index contributed by atoms with van der Waals surface area (Å²) in [5.74, 6) is -1.000. The fraction of sp³-hybridized carbons (Fsp3) is 0.346. The molecule has 2 N–H and O–H groups in total. The van der Waals surface area contributed by atoms with E-state index >= 15 is 4.39 Å². The highest BCUT2D eigenvalue weighted by atomic mass is 19.1. The van der Waals surface area contributed by atoms with Crippen molar-refractivity contribution >= 4 is 34.4 Å². The number of nitrogens with one attached hydrogen (secondary N) is 1. The molecule has 1 aliphatic heterocycles. The average molecular weight is 523 g/mol. The lowest BCUT2D eigenvalue weighted by molar-refractivity contribution is 0.0827. The minimum atomic E-state index is -0.834. The van der Waals surface area contributed by atoms with Crippen LogP contribution in [-0.4, -0.2) is 73.7 Å². The SMILES string of the molecule is CCc1cnc(N2CC[C@@H](n3cc(F)c4c(Nc5ccc(C(=O)N(C)C)cc5F)ncnc43)[C@H](O)C2)nc1. The Morgan fingerprint density at radius 2 is 1.92 bits per heavy atom. The third-order valence-corrected chi connectivity index (χ3v) is 6.72. The van der Waals surface area contributed by atoms with Gasteiger partial charge in [0.25, 0.3) is 5.91 Å². The highest BCUT2D eigenvalue weighted by Gasteiger charge is 2.32. The lowest BCUT2D eigenvalue weighted by Gasteiger charge is -2.36. The molecule has 2 atom stereocenters. The number of aryl methyl sites for hydroxylation is 1. The van der Waals surface area contributed by atoms with E-state index in [0.717, 1.165) is 18.1 Å². The molecule has 3 aromatic heterocycles. The molecule has 4 heterocycles. The minimum Gasteiger partial charge on any atom is -0.389 e. The Labute approximate surface area is 218 Å². The first-order valence-corrected chi connectivity index (χ1v) is 12.3. The Morgan fingerprint density at radius 3 is 2.58 bits per heavy atom. The molecule has 0 unspecified atom stereocenters. The number of hydrogen-bond donors (Lipinski definition) is 2. The first-order valence-electron chi connectivity index (χ1n) is 12.3. The van der Waals surface area contributed by atoms with Gasteiger partial charge in [-0.1, -0.05) is 6.92 Å². The maximum atomic E-state index is 15.2. The minimum absolute atomic E-state index is 0.0369. The predicted molar refractivity (Wildman–Crippen MR) is 138 cm³/mol. The van der Waals surface area contributed by atoms with Crippen LogP contribution in [0.3, 0.4) is 0 Å². The van der Waals surface area contributed by atoms with Crippen molar-refractivity contribution in [2.45, 2.75) is 31.9 Å². The van der Waals surface area contributed by atoms with Gasteiger partial charge in [-0.3, -0.25) is 4.79 Å². The summed E-state index contributed by atoms with van der Waals surface area (Å²) < 4.78 is 31.6. The number of β-amino-alcohol motifs (C(OH)–C–C–N with tert-alkyl or cyclic N) is 1. The van der Waals surface area contributed by atoms with Crippen LogP contribution in [0.15, 0.2) is 43.1 Å². The van der Waals surface area contributed by atoms with Gasteiger partial charge >= 0.3 is 0 Å². The molecule has 1 saturated heterocycles. The van der Waals surface area contributed by atoms with E-state index in [0.29, 0.717) is 18.9 Å². The van der Waals surface area contributed by atoms with Crippen molar-refractivity contribution < 1.29 is 18.7 Å². The van der Waals surface area contributed by atoms with Crippen LogP contribution >= 0.6 is 0 Å². The summed E-state index contributed by atoms with van der Waals surface area (Å²) in [6, 6.07) is 3.57. The van der Waals surface area contributed by atoms with Gasteiger partial charge in [0, 0.05) is 51.3 Å². The first kappa shape index (κ1) is 25.5. The van der Waals surface area contributed by atoms with Crippen molar-refractivity contribution in [1.82, 2.24) is 29.4 Å². The second-order valence-electron chi connectivity index (χ2n) is 9.44. The van der Waals surface area contributed by atoms with Gasteiger partial charge in [0.1, 0.15) is 23.6 Å². The van der Waals surface area contributed by atoms with E-state index in [1.54, 1.807) is 31.1 Å². The van der Waals surface area contributed by atoms with Crippen LogP contribution in [0.1, 0.15) is 35.3 Å². The van der Waals surface area contributed by atoms with Crippen LogP contribution in [-0.2, 0) is 6.42 Å². The van der Waals surface area contributed by atoms with Gasteiger partial charge in [-0.05, 0) is 36.6 Å². The van der Waals surface area contributed by atoms with Gasteiger partial charge in [0.05, 0.1) is 23.2 Å².